The highest BCUT2D eigenvalue weighted by Crippen LogP contribution is 2.28. The zero-order chi connectivity index (χ0) is 18.5. The zero-order valence-corrected chi connectivity index (χ0v) is 15.9. The minimum atomic E-state index is -0.151. The van der Waals surface area contributed by atoms with Crippen molar-refractivity contribution in [2.75, 3.05) is 7.11 Å². The van der Waals surface area contributed by atoms with Crippen molar-refractivity contribution in [1.82, 2.24) is 4.90 Å². The lowest BCUT2D eigenvalue weighted by atomic mass is 10.2. The number of nitrogens with zero attached hydrogens (tertiary/aromatic N) is 3. The van der Waals surface area contributed by atoms with E-state index in [0.29, 0.717) is 11.7 Å². The molecule has 0 radical (unpaired) electrons. The van der Waals surface area contributed by atoms with E-state index in [2.05, 4.69) is 10.2 Å². The van der Waals surface area contributed by atoms with Crippen molar-refractivity contribution < 1.29 is 9.53 Å². The van der Waals surface area contributed by atoms with Crippen LogP contribution >= 0.6 is 11.8 Å². The maximum atomic E-state index is 12.5. The largest absolute Gasteiger partial charge is 0.497 e. The topological polar surface area (TPSA) is 54.3 Å². The van der Waals surface area contributed by atoms with E-state index in [1.165, 1.54) is 17.3 Å². The van der Waals surface area contributed by atoms with Crippen LogP contribution in [0.2, 0.25) is 0 Å². The average molecular weight is 367 g/mol. The van der Waals surface area contributed by atoms with Gasteiger partial charge in [0.05, 0.1) is 25.1 Å². The lowest BCUT2D eigenvalue weighted by molar-refractivity contribution is -0.126. The molecule has 1 aliphatic rings. The smallest absolute Gasteiger partial charge is 0.242 e. The number of hydrogen-bond donors (Lipinski definition) is 0. The van der Waals surface area contributed by atoms with E-state index in [1.807, 2.05) is 62.4 Å². The van der Waals surface area contributed by atoms with E-state index in [4.69, 9.17) is 4.74 Å². The van der Waals surface area contributed by atoms with Gasteiger partial charge in [-0.2, -0.15) is 5.10 Å². The Kier molecular flexibility index (Phi) is 5.73. The number of hydrogen-bond acceptors (Lipinski definition) is 5. The van der Waals surface area contributed by atoms with Crippen LogP contribution in [0.25, 0.3) is 0 Å². The summed E-state index contributed by atoms with van der Waals surface area (Å²) in [7, 11) is 1.63. The van der Waals surface area contributed by atoms with Gasteiger partial charge in [-0.3, -0.25) is 9.69 Å². The Morgan fingerprint density at radius 1 is 1.15 bits per heavy atom. The molecule has 0 N–H and O–H groups in total. The molecule has 0 bridgehead atoms. The Labute approximate surface area is 157 Å². The van der Waals surface area contributed by atoms with E-state index in [1.54, 1.807) is 18.2 Å². The van der Waals surface area contributed by atoms with Crippen LogP contribution in [-0.2, 0) is 11.3 Å². The summed E-state index contributed by atoms with van der Waals surface area (Å²) < 4.78 is 5.17. The van der Waals surface area contributed by atoms with E-state index < -0.39 is 0 Å². The molecule has 1 saturated heterocycles. The zero-order valence-electron chi connectivity index (χ0n) is 15.0. The van der Waals surface area contributed by atoms with Gasteiger partial charge < -0.3 is 4.74 Å². The number of ether oxygens (including phenoxy) is 1. The normalized spacial score (nSPS) is 18.9. The van der Waals surface area contributed by atoms with Crippen molar-refractivity contribution in [3.63, 3.8) is 0 Å². The molecule has 1 aliphatic heterocycles. The monoisotopic (exact) mass is 367 g/mol. The second-order valence-corrected chi connectivity index (χ2v) is 7.38. The van der Waals surface area contributed by atoms with Crippen LogP contribution in [0.1, 0.15) is 23.6 Å². The average Bonchev–Trinajstić information content (AvgIpc) is 2.92. The van der Waals surface area contributed by atoms with Gasteiger partial charge in [-0.1, -0.05) is 53.7 Å². The van der Waals surface area contributed by atoms with Crippen molar-refractivity contribution in [2.45, 2.75) is 25.6 Å². The van der Waals surface area contributed by atoms with Gasteiger partial charge in [-0.15, -0.1) is 5.10 Å². The Hall–Kier alpha value is -2.60. The van der Waals surface area contributed by atoms with Crippen molar-refractivity contribution in [2.24, 2.45) is 10.2 Å². The molecule has 26 heavy (non-hydrogen) atoms. The van der Waals surface area contributed by atoms with Gasteiger partial charge in [0, 0.05) is 0 Å². The Bertz CT molecular complexity index is 829. The van der Waals surface area contributed by atoms with Crippen LogP contribution in [0.5, 0.6) is 5.75 Å². The first-order chi connectivity index (χ1) is 12.6. The summed E-state index contributed by atoms with van der Waals surface area (Å²) in [6, 6.07) is 15.7. The number of carbonyl (C=O) groups excluding carboxylic acids is 1. The van der Waals surface area contributed by atoms with Gasteiger partial charge >= 0.3 is 0 Å². The number of methoxy groups -OCH3 is 1. The fraction of sp³-hybridized carbons (Fsp3) is 0.250. The number of rotatable bonds is 5. The second-order valence-electron chi connectivity index (χ2n) is 6.07. The SMILES string of the molecule is COc1ccc(CN2C(=O)[C@H](C)S/C2=N/N=C\c2ccc(C)cc2)cc1. The minimum absolute atomic E-state index is 0.0510. The maximum absolute atomic E-state index is 12.5. The molecule has 5 nitrogen and oxygen atoms in total. The number of amides is 1. The summed E-state index contributed by atoms with van der Waals surface area (Å²) in [4.78, 5) is 14.1. The third kappa shape index (κ3) is 4.32. The van der Waals surface area contributed by atoms with Gasteiger partial charge in [0.2, 0.25) is 5.91 Å². The summed E-state index contributed by atoms with van der Waals surface area (Å²) in [5.41, 5.74) is 3.19. The lowest BCUT2D eigenvalue weighted by Crippen LogP contribution is -2.30. The predicted octanol–water partition coefficient (Wildman–Crippen LogP) is 3.86. The summed E-state index contributed by atoms with van der Waals surface area (Å²) >= 11 is 1.43. The minimum Gasteiger partial charge on any atom is -0.497 e. The van der Waals surface area contributed by atoms with Crippen molar-refractivity contribution >= 4 is 29.1 Å². The van der Waals surface area contributed by atoms with Crippen molar-refractivity contribution in [1.29, 1.82) is 0 Å². The highest BCUT2D eigenvalue weighted by Gasteiger charge is 2.35. The summed E-state index contributed by atoms with van der Waals surface area (Å²) in [6.45, 7) is 4.40. The van der Waals surface area contributed by atoms with Crippen LogP contribution < -0.4 is 4.74 Å². The standard InChI is InChI=1S/C20H21N3O2S/c1-14-4-6-16(7-5-14)12-21-22-20-23(19(24)15(2)26-20)13-17-8-10-18(25-3)11-9-17/h4-12,15H,13H2,1-3H3/b21-12-,22-20+/t15-/m0/s1. The first-order valence-electron chi connectivity index (χ1n) is 8.35. The molecule has 1 amide bonds. The van der Waals surface area contributed by atoms with Crippen LogP contribution in [0.15, 0.2) is 58.7 Å². The Morgan fingerprint density at radius 3 is 2.50 bits per heavy atom. The van der Waals surface area contributed by atoms with Crippen LogP contribution in [0.3, 0.4) is 0 Å². The molecule has 0 spiro atoms. The van der Waals surface area contributed by atoms with Crippen molar-refractivity contribution in [3.8, 4) is 5.75 Å². The molecule has 1 fully saturated rings. The first-order valence-corrected chi connectivity index (χ1v) is 9.23. The number of amidine groups is 1. The molecule has 2 aromatic carbocycles. The third-order valence-electron chi connectivity index (χ3n) is 4.05. The molecular weight excluding hydrogens is 346 g/mol. The van der Waals surface area contributed by atoms with Gasteiger partial charge in [0.1, 0.15) is 5.75 Å². The number of aryl methyl sites for hydroxylation is 1. The summed E-state index contributed by atoms with van der Waals surface area (Å²) in [5, 5.41) is 8.93. The molecule has 1 heterocycles. The molecule has 1 atom stereocenters. The number of benzene rings is 2. The fourth-order valence-corrected chi connectivity index (χ4v) is 3.44. The van der Waals surface area contributed by atoms with E-state index in [-0.39, 0.29) is 11.2 Å². The number of thioether (sulfide) groups is 1. The van der Waals surface area contributed by atoms with E-state index in [9.17, 15) is 4.79 Å². The van der Waals surface area contributed by atoms with E-state index >= 15 is 0 Å². The highest BCUT2D eigenvalue weighted by molar-refractivity contribution is 8.15. The molecular formula is C20H21N3O2S. The van der Waals surface area contributed by atoms with Crippen LogP contribution in [0, 0.1) is 6.92 Å². The molecule has 0 unspecified atom stereocenters. The van der Waals surface area contributed by atoms with Gasteiger partial charge in [0.25, 0.3) is 0 Å². The Balaban J connectivity index is 1.75. The second kappa shape index (κ2) is 8.19. The predicted molar refractivity (Wildman–Crippen MR) is 107 cm³/mol. The number of carbonyl (C=O) groups is 1. The molecule has 6 heteroatoms. The first kappa shape index (κ1) is 18.2. The van der Waals surface area contributed by atoms with Gasteiger partial charge in [0.15, 0.2) is 5.17 Å². The molecule has 134 valence electrons. The maximum Gasteiger partial charge on any atom is 0.242 e. The lowest BCUT2D eigenvalue weighted by Gasteiger charge is -2.15. The summed E-state index contributed by atoms with van der Waals surface area (Å²) in [6.07, 6.45) is 1.70. The molecule has 3 rings (SSSR count). The quantitative estimate of drug-likeness (QED) is 0.596. The van der Waals surface area contributed by atoms with E-state index in [0.717, 1.165) is 16.9 Å². The van der Waals surface area contributed by atoms with Crippen LogP contribution in [-0.4, -0.2) is 34.5 Å². The molecule has 0 aromatic heterocycles. The van der Waals surface area contributed by atoms with Crippen LogP contribution in [0.4, 0.5) is 0 Å². The van der Waals surface area contributed by atoms with Gasteiger partial charge in [-0.05, 0) is 37.1 Å². The van der Waals surface area contributed by atoms with Gasteiger partial charge in [-0.25, -0.2) is 0 Å². The highest BCUT2D eigenvalue weighted by atomic mass is 32.2. The third-order valence-corrected chi connectivity index (χ3v) is 5.12. The Morgan fingerprint density at radius 2 is 1.85 bits per heavy atom. The molecule has 0 aliphatic carbocycles. The molecule has 0 saturated carbocycles. The molecule has 2 aromatic rings. The summed E-state index contributed by atoms with van der Waals surface area (Å²) in [5.74, 6) is 0.843. The van der Waals surface area contributed by atoms with Crippen molar-refractivity contribution in [3.05, 3.63) is 65.2 Å². The fourth-order valence-electron chi connectivity index (χ4n) is 2.52.